The Morgan fingerprint density at radius 2 is 1.92 bits per heavy atom. The Balaban J connectivity index is 1.54. The molecule has 0 aliphatic carbocycles. The molecule has 12 heteroatoms. The van der Waals surface area contributed by atoms with Crippen molar-refractivity contribution >= 4 is 31.7 Å². The smallest absolute Gasteiger partial charge is 0.414 e. The number of benzene rings is 1. The number of hydrogen-bond acceptors (Lipinski definition) is 10. The average Bonchev–Trinajstić information content (AvgIpc) is 3.35. The zero-order valence-corrected chi connectivity index (χ0v) is 32.3. The number of methoxy groups -OCH3 is 1. The maximum absolute atomic E-state index is 13.6. The number of aryl methyl sites for hydroxylation is 1. The van der Waals surface area contributed by atoms with Crippen molar-refractivity contribution in [2.24, 2.45) is 0 Å². The lowest BCUT2D eigenvalue weighted by Gasteiger charge is -2.39. The Bertz CT molecular complexity index is 1780. The second kappa shape index (κ2) is 14.4. The Labute approximate surface area is 297 Å². The Morgan fingerprint density at radius 1 is 1.16 bits per heavy atom. The maximum Gasteiger partial charge on any atom is 0.414 e. The van der Waals surface area contributed by atoms with Gasteiger partial charge >= 0.3 is 6.09 Å². The van der Waals surface area contributed by atoms with Gasteiger partial charge in [0.25, 0.3) is 0 Å². The van der Waals surface area contributed by atoms with E-state index in [2.05, 4.69) is 63.2 Å². The number of anilines is 3. The minimum absolute atomic E-state index is 0.00388. The molecule has 0 saturated carbocycles. The molecule has 5 rings (SSSR count). The number of ether oxygens (including phenoxy) is 3. The third-order valence-electron chi connectivity index (χ3n) is 9.80. The van der Waals surface area contributed by atoms with Crippen LogP contribution in [-0.2, 0) is 43.5 Å². The van der Waals surface area contributed by atoms with Crippen molar-refractivity contribution < 1.29 is 23.4 Å². The second-order valence-electron chi connectivity index (χ2n) is 16.1. The molecule has 3 aromatic rings. The summed E-state index contributed by atoms with van der Waals surface area (Å²) in [6.45, 7) is 21.2. The number of aromatic nitrogens is 3. The largest absolute Gasteiger partial charge is 0.443 e. The summed E-state index contributed by atoms with van der Waals surface area (Å²) in [6, 6.07) is 10.1. The molecule has 1 amide bonds. The highest BCUT2D eigenvalue weighted by Crippen LogP contribution is 2.47. The van der Waals surface area contributed by atoms with Crippen molar-refractivity contribution in [1.29, 1.82) is 5.26 Å². The number of nitrogens with one attached hydrogen (secondary N) is 1. The molecule has 2 aliphatic heterocycles. The lowest BCUT2D eigenvalue weighted by atomic mass is 9.83. The van der Waals surface area contributed by atoms with Crippen LogP contribution in [0.1, 0.15) is 83.0 Å². The SMILES string of the molecule is COCCCc1nc2c(cc1Nc1nccc(-c3cc(C#N)c4c(c3)[C@@](C)(CO[Si](C)(C)C(C)(C)C)CN4C(=O)OC(C)(C)C)n1)COCC2. The summed E-state index contributed by atoms with van der Waals surface area (Å²) in [7, 11) is -0.445. The molecule has 1 atom stereocenters. The van der Waals surface area contributed by atoms with Gasteiger partial charge in [0, 0.05) is 61.7 Å². The maximum atomic E-state index is 13.6. The second-order valence-corrected chi connectivity index (χ2v) is 20.9. The molecule has 0 unspecified atom stereocenters. The Morgan fingerprint density at radius 3 is 2.60 bits per heavy atom. The van der Waals surface area contributed by atoms with E-state index in [1.165, 1.54) is 0 Å². The summed E-state index contributed by atoms with van der Waals surface area (Å²) >= 11 is 0. The number of carbonyl (C=O) groups is 1. The molecule has 1 aromatic carbocycles. The molecule has 0 spiro atoms. The van der Waals surface area contributed by atoms with Crippen LogP contribution in [0, 0.1) is 11.3 Å². The zero-order valence-electron chi connectivity index (χ0n) is 31.3. The minimum atomic E-state index is -2.15. The fraction of sp³-hybridized carbons (Fsp3) is 0.553. The van der Waals surface area contributed by atoms with Gasteiger partial charge in [-0.25, -0.2) is 14.8 Å². The fourth-order valence-corrected chi connectivity index (χ4v) is 7.11. The van der Waals surface area contributed by atoms with Crippen molar-refractivity contribution in [2.45, 2.75) is 103 Å². The van der Waals surface area contributed by atoms with Gasteiger partial charge in [0.1, 0.15) is 11.7 Å². The Hall–Kier alpha value is -3.89. The van der Waals surface area contributed by atoms with E-state index in [1.54, 1.807) is 24.3 Å². The van der Waals surface area contributed by atoms with Gasteiger partial charge in [-0.05, 0) is 81.6 Å². The molecule has 0 fully saturated rings. The molecule has 2 aliphatic rings. The van der Waals surface area contributed by atoms with Crippen LogP contribution in [0.2, 0.25) is 18.1 Å². The monoisotopic (exact) mass is 700 g/mol. The topological polar surface area (TPSA) is 132 Å². The molecule has 0 bridgehead atoms. The first-order valence-electron chi connectivity index (χ1n) is 17.4. The van der Waals surface area contributed by atoms with Crippen molar-refractivity contribution in [3.05, 3.63) is 58.5 Å². The van der Waals surface area contributed by atoms with Gasteiger partial charge in [-0.3, -0.25) is 9.88 Å². The van der Waals surface area contributed by atoms with E-state index in [9.17, 15) is 10.1 Å². The quantitative estimate of drug-likeness (QED) is 0.165. The third-order valence-corrected chi connectivity index (χ3v) is 14.3. The van der Waals surface area contributed by atoms with Crippen LogP contribution in [-0.4, -0.2) is 68.4 Å². The molecular formula is C38H52N6O5Si. The summed E-state index contributed by atoms with van der Waals surface area (Å²) in [6.07, 6.45) is 3.57. The number of hydrogen-bond donors (Lipinski definition) is 1. The van der Waals surface area contributed by atoms with E-state index in [0.29, 0.717) is 55.9 Å². The third kappa shape index (κ3) is 8.18. The molecule has 11 nitrogen and oxygen atoms in total. The first-order chi connectivity index (χ1) is 23.4. The predicted molar refractivity (Wildman–Crippen MR) is 197 cm³/mol. The van der Waals surface area contributed by atoms with Gasteiger partial charge < -0.3 is 24.0 Å². The lowest BCUT2D eigenvalue weighted by molar-refractivity contribution is 0.0575. The van der Waals surface area contributed by atoms with Gasteiger partial charge in [0.15, 0.2) is 8.32 Å². The normalized spacial score (nSPS) is 17.6. The standard InChI is InChI=1S/C38H52N6O5Si/c1-36(2,3)49-35(45)44-23-38(7,24-48-50(9,10)37(4,5)6)28-19-25(18-26(21-39)33(28)44)29-13-15-40-34(42-29)43-32-20-27-22-47-17-14-30(27)41-31(32)12-11-16-46-8/h13,15,18-20H,11-12,14,16-17,22-24H2,1-10H3,(H,40,42,43)/t38-/m1/s1. The molecule has 2 aromatic heterocycles. The minimum Gasteiger partial charge on any atom is -0.443 e. The zero-order chi connectivity index (χ0) is 36.5. The molecule has 268 valence electrons. The van der Waals surface area contributed by atoms with Gasteiger partial charge in [0.2, 0.25) is 5.95 Å². The highest BCUT2D eigenvalue weighted by atomic mass is 28.4. The first kappa shape index (κ1) is 37.4. The summed E-state index contributed by atoms with van der Waals surface area (Å²) in [5, 5.41) is 13.9. The van der Waals surface area contributed by atoms with Gasteiger partial charge in [-0.15, -0.1) is 0 Å². The number of amides is 1. The predicted octanol–water partition coefficient (Wildman–Crippen LogP) is 7.84. The Kier molecular flexibility index (Phi) is 10.7. The molecule has 0 saturated heterocycles. The number of nitrogens with zero attached hydrogens (tertiary/aromatic N) is 5. The molecule has 0 radical (unpaired) electrons. The summed E-state index contributed by atoms with van der Waals surface area (Å²) in [5.74, 6) is 0.410. The summed E-state index contributed by atoms with van der Waals surface area (Å²) < 4.78 is 23.6. The van der Waals surface area contributed by atoms with E-state index in [-0.39, 0.29) is 5.04 Å². The number of carbonyl (C=O) groups excluding carboxylic acids is 1. The molecule has 1 N–H and O–H groups in total. The van der Waals surface area contributed by atoms with E-state index in [1.807, 2.05) is 32.9 Å². The summed E-state index contributed by atoms with van der Waals surface area (Å²) in [5.41, 5.74) is 5.73. The van der Waals surface area contributed by atoms with E-state index in [0.717, 1.165) is 53.0 Å². The van der Waals surface area contributed by atoms with Crippen LogP contribution in [0.5, 0.6) is 0 Å². The van der Waals surface area contributed by atoms with Gasteiger partial charge in [0.05, 0.1) is 41.5 Å². The highest BCUT2D eigenvalue weighted by molar-refractivity contribution is 6.74. The molecular weight excluding hydrogens is 649 g/mol. The highest BCUT2D eigenvalue weighted by Gasteiger charge is 2.47. The van der Waals surface area contributed by atoms with Crippen LogP contribution < -0.4 is 10.2 Å². The average molecular weight is 701 g/mol. The molecule has 50 heavy (non-hydrogen) atoms. The van der Waals surface area contributed by atoms with E-state index >= 15 is 0 Å². The number of rotatable bonds is 10. The number of nitriles is 1. The van der Waals surface area contributed by atoms with Crippen LogP contribution in [0.15, 0.2) is 30.5 Å². The van der Waals surface area contributed by atoms with E-state index < -0.39 is 25.4 Å². The number of fused-ring (bicyclic) bond motifs is 2. The van der Waals surface area contributed by atoms with E-state index in [4.69, 9.17) is 28.6 Å². The summed E-state index contributed by atoms with van der Waals surface area (Å²) in [4.78, 5) is 29.7. The van der Waals surface area contributed by atoms with Crippen LogP contribution >= 0.6 is 0 Å². The van der Waals surface area contributed by atoms with Crippen molar-refractivity contribution in [2.75, 3.05) is 43.7 Å². The van der Waals surface area contributed by atoms with Crippen LogP contribution in [0.4, 0.5) is 22.1 Å². The van der Waals surface area contributed by atoms with Crippen LogP contribution in [0.25, 0.3) is 11.3 Å². The fourth-order valence-electron chi connectivity index (χ4n) is 6.00. The first-order valence-corrected chi connectivity index (χ1v) is 20.3. The van der Waals surface area contributed by atoms with Crippen molar-refractivity contribution in [3.63, 3.8) is 0 Å². The van der Waals surface area contributed by atoms with Crippen molar-refractivity contribution in [3.8, 4) is 17.3 Å². The lowest BCUT2D eigenvalue weighted by Crippen LogP contribution is -2.46. The van der Waals surface area contributed by atoms with Gasteiger partial charge in [-0.1, -0.05) is 27.7 Å². The molecule has 4 heterocycles. The van der Waals surface area contributed by atoms with Gasteiger partial charge in [-0.2, -0.15) is 5.26 Å². The van der Waals surface area contributed by atoms with Crippen LogP contribution in [0.3, 0.4) is 0 Å². The van der Waals surface area contributed by atoms with Crippen molar-refractivity contribution in [1.82, 2.24) is 15.0 Å². The number of pyridine rings is 1.